The Hall–Kier alpha value is -1.63. The summed E-state index contributed by atoms with van der Waals surface area (Å²) in [5.74, 6) is 1.17. The fourth-order valence-corrected chi connectivity index (χ4v) is 2.87. The molecule has 1 saturated carbocycles. The van der Waals surface area contributed by atoms with Crippen LogP contribution in [0, 0.1) is 11.8 Å². The lowest BCUT2D eigenvalue weighted by Crippen LogP contribution is -2.48. The first-order valence-corrected chi connectivity index (χ1v) is 7.14. The van der Waals surface area contributed by atoms with Gasteiger partial charge in [0.15, 0.2) is 5.82 Å². The van der Waals surface area contributed by atoms with Gasteiger partial charge < -0.3 is 10.1 Å². The van der Waals surface area contributed by atoms with Crippen LogP contribution in [-0.4, -0.2) is 35.3 Å². The number of amides is 1. The Morgan fingerprint density at radius 3 is 2.95 bits per heavy atom. The highest BCUT2D eigenvalue weighted by atomic mass is 16.5. The monoisotopic (exact) mass is 281 g/mol. The second-order valence-corrected chi connectivity index (χ2v) is 5.65. The molecule has 1 aromatic heterocycles. The Morgan fingerprint density at radius 1 is 1.45 bits per heavy atom. The van der Waals surface area contributed by atoms with Crippen LogP contribution in [0.1, 0.15) is 31.5 Å². The predicted octanol–water partition coefficient (Wildman–Crippen LogP) is 0.227. The highest BCUT2D eigenvalue weighted by Gasteiger charge is 2.40. The summed E-state index contributed by atoms with van der Waals surface area (Å²) in [7, 11) is 0. The third-order valence-corrected chi connectivity index (χ3v) is 4.21. The summed E-state index contributed by atoms with van der Waals surface area (Å²) < 4.78 is 10.0. The normalized spacial score (nSPS) is 27.9. The van der Waals surface area contributed by atoms with Crippen LogP contribution in [-0.2, 0) is 16.0 Å². The lowest BCUT2D eigenvalue weighted by atomic mass is 9.71. The average Bonchev–Trinajstić information content (AvgIpc) is 2.81. The van der Waals surface area contributed by atoms with Crippen molar-refractivity contribution in [3.63, 3.8) is 0 Å². The molecular formula is C13H19N3O4. The number of carbonyl (C=O) groups is 1. The van der Waals surface area contributed by atoms with Gasteiger partial charge in [-0.1, -0.05) is 5.16 Å². The van der Waals surface area contributed by atoms with E-state index in [0.29, 0.717) is 43.7 Å². The van der Waals surface area contributed by atoms with E-state index < -0.39 is 5.76 Å². The van der Waals surface area contributed by atoms with Gasteiger partial charge >= 0.3 is 5.76 Å². The largest absolute Gasteiger partial charge is 0.438 e. The fraction of sp³-hybridized carbons (Fsp3) is 0.769. The summed E-state index contributed by atoms with van der Waals surface area (Å²) in [6, 6.07) is 0. The first-order valence-electron chi connectivity index (χ1n) is 7.14. The van der Waals surface area contributed by atoms with Gasteiger partial charge in [0.25, 0.3) is 0 Å². The Morgan fingerprint density at radius 2 is 2.30 bits per heavy atom. The summed E-state index contributed by atoms with van der Waals surface area (Å²) in [4.78, 5) is 24.9. The first kappa shape index (κ1) is 13.4. The maximum Gasteiger partial charge on any atom is 0.438 e. The van der Waals surface area contributed by atoms with Crippen molar-refractivity contribution < 1.29 is 14.1 Å². The van der Waals surface area contributed by atoms with Crippen molar-refractivity contribution in [2.24, 2.45) is 11.8 Å². The van der Waals surface area contributed by atoms with Gasteiger partial charge in [0.1, 0.15) is 0 Å². The maximum absolute atomic E-state index is 11.7. The van der Waals surface area contributed by atoms with Crippen LogP contribution in [0.25, 0.3) is 0 Å². The average molecular weight is 281 g/mol. The highest BCUT2D eigenvalue weighted by Crippen LogP contribution is 2.40. The number of H-pyrrole nitrogens is 1. The second-order valence-electron chi connectivity index (χ2n) is 5.65. The first-order chi connectivity index (χ1) is 9.70. The minimum atomic E-state index is -0.555. The number of aromatic amines is 1. The summed E-state index contributed by atoms with van der Waals surface area (Å²) in [5.41, 5.74) is 0. The molecule has 0 spiro atoms. The zero-order chi connectivity index (χ0) is 13.9. The van der Waals surface area contributed by atoms with Crippen molar-refractivity contribution in [2.75, 3.05) is 13.2 Å². The van der Waals surface area contributed by atoms with Crippen molar-refractivity contribution in [3.05, 3.63) is 16.4 Å². The van der Waals surface area contributed by atoms with Gasteiger partial charge in [-0.2, -0.15) is 0 Å². The molecule has 7 heteroatoms. The van der Waals surface area contributed by atoms with E-state index in [1.54, 1.807) is 0 Å². The molecular weight excluding hydrogens is 262 g/mol. The van der Waals surface area contributed by atoms with Gasteiger partial charge in [0, 0.05) is 25.3 Å². The molecule has 3 fully saturated rings. The molecule has 2 saturated heterocycles. The third-order valence-electron chi connectivity index (χ3n) is 4.21. The maximum atomic E-state index is 11.7. The van der Waals surface area contributed by atoms with Crippen LogP contribution in [0.4, 0.5) is 0 Å². The molecule has 4 rings (SSSR count). The summed E-state index contributed by atoms with van der Waals surface area (Å²) in [6.07, 6.45) is 4.39. The molecule has 20 heavy (non-hydrogen) atoms. The zero-order valence-electron chi connectivity index (χ0n) is 11.3. The molecule has 3 heterocycles. The van der Waals surface area contributed by atoms with Gasteiger partial charge in [-0.3, -0.25) is 14.3 Å². The molecule has 7 nitrogen and oxygen atoms in total. The Labute approximate surface area is 116 Å². The standard InChI is InChI=1S/C13H19N3O4/c17-12(3-1-2-11-15-13(18)20-16-11)14-6-9-7-19-10-4-8(9)5-10/h8-10H,1-7H2,(H,14,17)(H,15,16,18). The van der Waals surface area contributed by atoms with Gasteiger partial charge in [0.05, 0.1) is 12.7 Å². The predicted molar refractivity (Wildman–Crippen MR) is 69.0 cm³/mol. The smallest absolute Gasteiger partial charge is 0.378 e. The number of ether oxygens (including phenoxy) is 1. The van der Waals surface area contributed by atoms with Crippen LogP contribution >= 0.6 is 0 Å². The van der Waals surface area contributed by atoms with Crippen molar-refractivity contribution in [3.8, 4) is 0 Å². The molecule has 1 aromatic rings. The summed E-state index contributed by atoms with van der Waals surface area (Å²) in [5, 5.41) is 6.52. The van der Waals surface area contributed by atoms with Crippen molar-refractivity contribution in [2.45, 2.75) is 38.2 Å². The third kappa shape index (κ3) is 3.09. The lowest BCUT2D eigenvalue weighted by Gasteiger charge is -2.46. The number of nitrogens with zero attached hydrogens (tertiary/aromatic N) is 1. The number of nitrogens with one attached hydrogen (secondary N) is 2. The molecule has 2 N–H and O–H groups in total. The molecule has 0 radical (unpaired) electrons. The van der Waals surface area contributed by atoms with Gasteiger partial charge in [0.2, 0.25) is 5.91 Å². The molecule has 110 valence electrons. The number of hydrogen-bond acceptors (Lipinski definition) is 5. The second kappa shape index (κ2) is 5.78. The van der Waals surface area contributed by atoms with Crippen molar-refractivity contribution >= 4 is 5.91 Å². The molecule has 1 aliphatic carbocycles. The molecule has 1 amide bonds. The van der Waals surface area contributed by atoms with Crippen LogP contribution in [0.15, 0.2) is 9.32 Å². The Balaban J connectivity index is 1.32. The van der Waals surface area contributed by atoms with Gasteiger partial charge in [-0.25, -0.2) is 4.79 Å². The lowest BCUT2D eigenvalue weighted by molar-refractivity contribution is -0.132. The quantitative estimate of drug-likeness (QED) is 0.777. The van der Waals surface area contributed by atoms with E-state index >= 15 is 0 Å². The van der Waals surface area contributed by atoms with Crippen molar-refractivity contribution in [1.29, 1.82) is 0 Å². The molecule has 0 aromatic carbocycles. The fourth-order valence-electron chi connectivity index (χ4n) is 2.87. The topological polar surface area (TPSA) is 97.2 Å². The molecule has 2 bridgehead atoms. The summed E-state index contributed by atoms with van der Waals surface area (Å²) in [6.45, 7) is 1.48. The molecule has 1 unspecified atom stereocenters. The van der Waals surface area contributed by atoms with E-state index in [1.807, 2.05) is 0 Å². The van der Waals surface area contributed by atoms with E-state index in [-0.39, 0.29) is 5.91 Å². The van der Waals surface area contributed by atoms with Crippen molar-refractivity contribution in [1.82, 2.24) is 15.5 Å². The zero-order valence-corrected chi connectivity index (χ0v) is 11.3. The minimum Gasteiger partial charge on any atom is -0.378 e. The number of rotatable bonds is 6. The number of carbonyl (C=O) groups excluding carboxylic acids is 1. The van der Waals surface area contributed by atoms with Gasteiger partial charge in [-0.05, 0) is 25.2 Å². The van der Waals surface area contributed by atoms with E-state index in [2.05, 4.69) is 20.0 Å². The molecule has 1 atom stereocenters. The van der Waals surface area contributed by atoms with E-state index in [4.69, 9.17) is 4.74 Å². The summed E-state index contributed by atoms with van der Waals surface area (Å²) >= 11 is 0. The number of hydrogen-bond donors (Lipinski definition) is 2. The Bertz CT molecular complexity index is 515. The van der Waals surface area contributed by atoms with E-state index in [1.165, 1.54) is 0 Å². The number of fused-ring (bicyclic) bond motifs is 2. The van der Waals surface area contributed by atoms with E-state index in [9.17, 15) is 9.59 Å². The van der Waals surface area contributed by atoms with Gasteiger partial charge in [-0.15, -0.1) is 0 Å². The molecule has 2 aliphatic heterocycles. The minimum absolute atomic E-state index is 0.0392. The van der Waals surface area contributed by atoms with Crippen LogP contribution < -0.4 is 11.1 Å². The van der Waals surface area contributed by atoms with Crippen LogP contribution in [0.2, 0.25) is 0 Å². The number of aryl methyl sites for hydroxylation is 1. The Kier molecular flexibility index (Phi) is 3.86. The van der Waals surface area contributed by atoms with Crippen LogP contribution in [0.5, 0.6) is 0 Å². The van der Waals surface area contributed by atoms with Crippen LogP contribution in [0.3, 0.4) is 0 Å². The SMILES string of the molecule is O=C(CCCc1noc(=O)[nH]1)NCC1COC2CC1C2. The molecule has 3 aliphatic rings. The highest BCUT2D eigenvalue weighted by molar-refractivity contribution is 5.75. The van der Waals surface area contributed by atoms with E-state index in [0.717, 1.165) is 25.4 Å². The number of aromatic nitrogens is 2.